The Balaban J connectivity index is 2.41. The van der Waals surface area contributed by atoms with Crippen LogP contribution in [0, 0.1) is 0 Å². The van der Waals surface area contributed by atoms with E-state index in [-0.39, 0.29) is 5.91 Å². The number of quaternary nitrogens is 1. The van der Waals surface area contributed by atoms with Crippen LogP contribution < -0.4 is 10.2 Å². The average Bonchev–Trinajstić information content (AvgIpc) is 2.35. The summed E-state index contributed by atoms with van der Waals surface area (Å²) in [6, 6.07) is 3.27. The van der Waals surface area contributed by atoms with Gasteiger partial charge in [0.25, 0.3) is 5.91 Å². The fourth-order valence-corrected chi connectivity index (χ4v) is 1.42. The maximum atomic E-state index is 11.7. The summed E-state index contributed by atoms with van der Waals surface area (Å²) in [4.78, 5) is 17.0. The summed E-state index contributed by atoms with van der Waals surface area (Å²) < 4.78 is 0. The molecule has 0 aliphatic rings. The molecule has 0 bridgehead atoms. The number of rotatable bonds is 6. The molecule has 1 aromatic heterocycles. The number of carbonyl (C=O) groups is 1. The molecule has 18 heavy (non-hydrogen) atoms. The predicted molar refractivity (Wildman–Crippen MR) is 68.2 cm³/mol. The lowest BCUT2D eigenvalue weighted by Crippen LogP contribution is -3.05. The van der Waals surface area contributed by atoms with Crippen LogP contribution in [0.4, 0.5) is 0 Å². The average molecular weight is 251 g/mol. The number of carbonyl (C=O) groups excluding carboxylic acids is 1. The monoisotopic (exact) mass is 251 g/mol. The molecule has 1 amide bonds. The molecule has 1 aromatic rings. The first kappa shape index (κ1) is 14.1. The molecule has 0 atom stereocenters. The van der Waals surface area contributed by atoms with Gasteiger partial charge in [0, 0.05) is 19.2 Å². The molecule has 0 aliphatic carbocycles. The van der Waals surface area contributed by atoms with Gasteiger partial charge in [-0.15, -0.1) is 0 Å². The Morgan fingerprint density at radius 2 is 2.33 bits per heavy atom. The van der Waals surface area contributed by atoms with E-state index < -0.39 is 0 Å². The molecule has 0 saturated heterocycles. The fraction of sp³-hybridized carbons (Fsp3) is 0.417. The van der Waals surface area contributed by atoms with E-state index in [4.69, 9.17) is 5.21 Å². The van der Waals surface area contributed by atoms with Crippen molar-refractivity contribution in [3.05, 3.63) is 29.6 Å². The Morgan fingerprint density at radius 1 is 1.56 bits per heavy atom. The van der Waals surface area contributed by atoms with Crippen molar-refractivity contribution in [1.82, 2.24) is 10.3 Å². The van der Waals surface area contributed by atoms with Gasteiger partial charge in [0.15, 0.2) is 0 Å². The maximum Gasteiger partial charge on any atom is 0.252 e. The standard InChI is InChI=1S/C12H18N4O2/c1-16(2)7-3-6-13-12(17)10-4-5-11(9-15-18)14-8-10/h4-5,8-9,18H,3,6-7H2,1-2H3,(H,13,17)/p+1/b15-9+. The normalized spacial score (nSPS) is 11.1. The van der Waals surface area contributed by atoms with Gasteiger partial charge in [-0.05, 0) is 12.1 Å². The molecule has 0 saturated carbocycles. The van der Waals surface area contributed by atoms with Crippen LogP contribution in [0.5, 0.6) is 0 Å². The number of aromatic nitrogens is 1. The molecule has 98 valence electrons. The zero-order valence-electron chi connectivity index (χ0n) is 10.7. The molecule has 1 rings (SSSR count). The second-order valence-corrected chi connectivity index (χ2v) is 4.28. The van der Waals surface area contributed by atoms with E-state index in [0.717, 1.165) is 13.0 Å². The molecule has 3 N–H and O–H groups in total. The lowest BCUT2D eigenvalue weighted by atomic mass is 10.2. The summed E-state index contributed by atoms with van der Waals surface area (Å²) in [6.45, 7) is 1.67. The zero-order chi connectivity index (χ0) is 13.4. The predicted octanol–water partition coefficient (Wildman–Crippen LogP) is -0.846. The summed E-state index contributed by atoms with van der Waals surface area (Å²) in [7, 11) is 4.15. The Kier molecular flexibility index (Phi) is 5.79. The fourth-order valence-electron chi connectivity index (χ4n) is 1.42. The van der Waals surface area contributed by atoms with Crippen LogP contribution in [0.3, 0.4) is 0 Å². The van der Waals surface area contributed by atoms with Gasteiger partial charge in [-0.25, -0.2) is 0 Å². The van der Waals surface area contributed by atoms with Crippen LogP contribution >= 0.6 is 0 Å². The highest BCUT2D eigenvalue weighted by Gasteiger charge is 2.05. The Labute approximate surface area is 106 Å². The first-order valence-electron chi connectivity index (χ1n) is 5.84. The van der Waals surface area contributed by atoms with Crippen molar-refractivity contribution in [3.63, 3.8) is 0 Å². The molecule has 0 radical (unpaired) electrons. The number of hydrogen-bond donors (Lipinski definition) is 3. The second-order valence-electron chi connectivity index (χ2n) is 4.28. The number of nitrogens with one attached hydrogen (secondary N) is 2. The van der Waals surface area contributed by atoms with E-state index in [2.05, 4.69) is 29.6 Å². The van der Waals surface area contributed by atoms with Gasteiger partial charge in [-0.3, -0.25) is 9.78 Å². The first-order valence-corrected chi connectivity index (χ1v) is 5.84. The molecule has 6 heteroatoms. The van der Waals surface area contributed by atoms with Gasteiger partial charge in [0.05, 0.1) is 38.1 Å². The van der Waals surface area contributed by atoms with Gasteiger partial charge < -0.3 is 15.4 Å². The van der Waals surface area contributed by atoms with Crippen LogP contribution in [0.25, 0.3) is 0 Å². The molecule has 0 fully saturated rings. The molecular weight excluding hydrogens is 232 g/mol. The lowest BCUT2D eigenvalue weighted by Gasteiger charge is -2.08. The second kappa shape index (κ2) is 7.39. The van der Waals surface area contributed by atoms with E-state index in [0.29, 0.717) is 17.8 Å². The zero-order valence-corrected chi connectivity index (χ0v) is 10.7. The van der Waals surface area contributed by atoms with E-state index in [1.807, 2.05) is 0 Å². The molecule has 1 heterocycles. The topological polar surface area (TPSA) is 79.0 Å². The highest BCUT2D eigenvalue weighted by Crippen LogP contribution is 1.98. The van der Waals surface area contributed by atoms with Crippen LogP contribution in [0.1, 0.15) is 22.5 Å². The van der Waals surface area contributed by atoms with Crippen LogP contribution in [0.15, 0.2) is 23.5 Å². The third kappa shape index (κ3) is 4.92. The highest BCUT2D eigenvalue weighted by atomic mass is 16.4. The van der Waals surface area contributed by atoms with Crippen LogP contribution in [-0.2, 0) is 0 Å². The summed E-state index contributed by atoms with van der Waals surface area (Å²) in [5, 5.41) is 14.0. The van der Waals surface area contributed by atoms with Crippen molar-refractivity contribution in [2.45, 2.75) is 6.42 Å². The Morgan fingerprint density at radius 3 is 2.89 bits per heavy atom. The van der Waals surface area contributed by atoms with E-state index in [9.17, 15) is 4.79 Å². The Bertz CT molecular complexity index is 401. The smallest absolute Gasteiger partial charge is 0.252 e. The minimum atomic E-state index is -0.135. The quantitative estimate of drug-likeness (QED) is 0.267. The van der Waals surface area contributed by atoms with Gasteiger partial charge in [0.1, 0.15) is 0 Å². The number of oxime groups is 1. The van der Waals surface area contributed by atoms with Crippen molar-refractivity contribution in [1.29, 1.82) is 0 Å². The molecule has 0 aliphatic heterocycles. The van der Waals surface area contributed by atoms with Gasteiger partial charge in [0.2, 0.25) is 0 Å². The maximum absolute atomic E-state index is 11.7. The highest BCUT2D eigenvalue weighted by molar-refractivity contribution is 5.94. The van der Waals surface area contributed by atoms with Crippen molar-refractivity contribution >= 4 is 12.1 Å². The van der Waals surface area contributed by atoms with Crippen molar-refractivity contribution in [2.75, 3.05) is 27.2 Å². The van der Waals surface area contributed by atoms with Crippen LogP contribution in [-0.4, -0.2) is 49.5 Å². The first-order chi connectivity index (χ1) is 8.63. The number of amides is 1. The van der Waals surface area contributed by atoms with Gasteiger partial charge in [-0.2, -0.15) is 0 Å². The number of nitrogens with zero attached hydrogens (tertiary/aromatic N) is 2. The lowest BCUT2D eigenvalue weighted by molar-refractivity contribution is -0.858. The van der Waals surface area contributed by atoms with Crippen molar-refractivity contribution in [2.24, 2.45) is 5.16 Å². The molecular formula is C12H19N4O2+. The summed E-state index contributed by atoms with van der Waals surface area (Å²) in [5.41, 5.74) is 1.01. The SMILES string of the molecule is C[NH+](C)CCCNC(=O)c1ccc(/C=N/O)nc1. The van der Waals surface area contributed by atoms with E-state index in [1.165, 1.54) is 17.3 Å². The number of pyridine rings is 1. The van der Waals surface area contributed by atoms with Gasteiger partial charge in [-0.1, -0.05) is 5.16 Å². The van der Waals surface area contributed by atoms with Crippen LogP contribution in [0.2, 0.25) is 0 Å². The molecule has 0 spiro atoms. The Hall–Kier alpha value is -1.95. The minimum absolute atomic E-state index is 0.135. The summed E-state index contributed by atoms with van der Waals surface area (Å²) in [6.07, 6.45) is 3.61. The molecule has 0 aromatic carbocycles. The third-order valence-corrected chi connectivity index (χ3v) is 2.38. The van der Waals surface area contributed by atoms with Crippen molar-refractivity contribution < 1.29 is 14.9 Å². The van der Waals surface area contributed by atoms with E-state index >= 15 is 0 Å². The summed E-state index contributed by atoms with van der Waals surface area (Å²) >= 11 is 0. The molecule has 6 nitrogen and oxygen atoms in total. The third-order valence-electron chi connectivity index (χ3n) is 2.38. The largest absolute Gasteiger partial charge is 0.411 e. The van der Waals surface area contributed by atoms with Crippen molar-refractivity contribution in [3.8, 4) is 0 Å². The minimum Gasteiger partial charge on any atom is -0.411 e. The van der Waals surface area contributed by atoms with E-state index in [1.54, 1.807) is 12.1 Å². The molecule has 0 unspecified atom stereocenters. The van der Waals surface area contributed by atoms with Gasteiger partial charge >= 0.3 is 0 Å². The summed E-state index contributed by atoms with van der Waals surface area (Å²) in [5.74, 6) is -0.135. The number of hydrogen-bond acceptors (Lipinski definition) is 4.